The molecular weight excluding hydrogens is 701 g/mol. The molecule has 0 spiro atoms. The van der Waals surface area contributed by atoms with Crippen LogP contribution in [-0.2, 0) is 34.0 Å². The second-order valence-electron chi connectivity index (χ2n) is 8.83. The largest absolute Gasteiger partial charge is 0.506 e. The molecule has 1 unspecified atom stereocenters. The van der Waals surface area contributed by atoms with E-state index in [0.717, 1.165) is 40.1 Å². The predicted molar refractivity (Wildman–Crippen MR) is 169 cm³/mol. The van der Waals surface area contributed by atoms with Gasteiger partial charge in [-0.3, -0.25) is 19.2 Å². The minimum absolute atomic E-state index is 0. The predicted octanol–water partition coefficient (Wildman–Crippen LogP) is -0.0790. The first-order valence-electron chi connectivity index (χ1n) is 12.1. The van der Waals surface area contributed by atoms with E-state index in [1.807, 2.05) is 0 Å². The lowest BCUT2D eigenvalue weighted by molar-refractivity contribution is -0.150. The summed E-state index contributed by atoms with van der Waals surface area (Å²) in [6, 6.07) is 2.25. The first-order chi connectivity index (χ1) is 20.4. The molecule has 4 rings (SSSR count). The number of nitrogens with one attached hydrogen (secondary N) is 2. The number of phenols is 1. The Kier molecular flexibility index (Phi) is 12.8. The Morgan fingerprint density at radius 3 is 2.56 bits per heavy atom. The van der Waals surface area contributed by atoms with Gasteiger partial charge >= 0.3 is 11.9 Å². The van der Waals surface area contributed by atoms with Crippen molar-refractivity contribution >= 4 is 98.2 Å². The summed E-state index contributed by atoms with van der Waals surface area (Å²) >= 11 is 2.21. The summed E-state index contributed by atoms with van der Waals surface area (Å²) in [4.78, 5) is 60.3. The Labute approximate surface area is 276 Å². The van der Waals surface area contributed by atoms with Gasteiger partial charge in [-0.1, -0.05) is 5.16 Å². The number of carboxylic acids is 1. The molecular formula is C23H27Cl2N7O10S3. The van der Waals surface area contributed by atoms with Crippen molar-refractivity contribution in [2.75, 3.05) is 42.2 Å². The molecule has 2 aliphatic rings. The standard InChI is InChI=1S/C23H25N7O10S3.2ClH/c1-39-28-15(13-9-42-23(25)26-13)18(32)27-16-19(33)30-17(21(34)35)11(8-41-20(16)30)7-40-22(36)10-2-3-12(14(31)6-10)29-43(37,38)5-4-24;;/h2-3,6,9,16,20,29,31H,4-5,7-8,24H2,1H3,(H2,25,26)(H,27,32)(H,34,35);2*1H/b28-15-;;/t16?,20-;;/m1../s1. The highest BCUT2D eigenvalue weighted by atomic mass is 35.5. The molecule has 1 aromatic carbocycles. The number of nitrogens with two attached hydrogens (primary N) is 2. The van der Waals surface area contributed by atoms with Crippen LogP contribution in [0.1, 0.15) is 16.1 Å². The zero-order valence-electron chi connectivity index (χ0n) is 23.0. The van der Waals surface area contributed by atoms with E-state index in [0.29, 0.717) is 0 Å². The van der Waals surface area contributed by atoms with Crippen molar-refractivity contribution in [1.82, 2.24) is 15.2 Å². The van der Waals surface area contributed by atoms with E-state index < -0.39 is 63.2 Å². The van der Waals surface area contributed by atoms with Gasteiger partial charge in [0.05, 0.1) is 17.0 Å². The van der Waals surface area contributed by atoms with Crippen molar-refractivity contribution in [3.63, 3.8) is 0 Å². The monoisotopic (exact) mass is 727 g/mol. The molecule has 45 heavy (non-hydrogen) atoms. The number of nitrogens with zero attached hydrogens (tertiary/aromatic N) is 3. The van der Waals surface area contributed by atoms with Crippen LogP contribution >= 0.6 is 47.9 Å². The van der Waals surface area contributed by atoms with Crippen molar-refractivity contribution in [3.05, 3.63) is 46.1 Å². The van der Waals surface area contributed by atoms with Gasteiger partial charge in [0.1, 0.15) is 42.3 Å². The fraction of sp³-hybridized carbons (Fsp3) is 0.304. The van der Waals surface area contributed by atoms with Crippen LogP contribution in [-0.4, -0.2) is 101 Å². The van der Waals surface area contributed by atoms with Crippen LogP contribution in [0.2, 0.25) is 0 Å². The number of halogens is 2. The number of fused-ring (bicyclic) bond motifs is 1. The molecule has 8 N–H and O–H groups in total. The maximum Gasteiger partial charge on any atom is 0.352 e. The molecule has 1 fully saturated rings. The number of aromatic nitrogens is 1. The maximum absolute atomic E-state index is 13.0. The number of nitrogen functional groups attached to an aromatic ring is 1. The van der Waals surface area contributed by atoms with Gasteiger partial charge < -0.3 is 36.6 Å². The van der Waals surface area contributed by atoms with Gasteiger partial charge in [-0.15, -0.1) is 47.9 Å². The number of carboxylic acid groups (broad SMARTS) is 1. The second kappa shape index (κ2) is 15.5. The van der Waals surface area contributed by atoms with E-state index in [4.69, 9.17) is 21.0 Å². The second-order valence-corrected chi connectivity index (χ2v) is 12.7. The molecule has 2 aliphatic heterocycles. The van der Waals surface area contributed by atoms with Crippen molar-refractivity contribution in [2.24, 2.45) is 10.9 Å². The number of sulfonamides is 1. The fourth-order valence-corrected chi connectivity index (χ4v) is 6.85. The number of β-lactam (4-membered cyclic amide) rings is 1. The summed E-state index contributed by atoms with van der Waals surface area (Å²) in [5.74, 6) is -4.76. The number of hydrogen-bond donors (Lipinski definition) is 6. The Bertz CT molecular complexity index is 1650. The van der Waals surface area contributed by atoms with E-state index in [9.17, 15) is 37.8 Å². The average molecular weight is 729 g/mol. The molecule has 3 heterocycles. The van der Waals surface area contributed by atoms with Crippen LogP contribution in [0.4, 0.5) is 10.8 Å². The van der Waals surface area contributed by atoms with Crippen LogP contribution < -0.4 is 21.5 Å². The number of hydrogen-bond acceptors (Lipinski definition) is 15. The number of benzene rings is 1. The molecule has 2 amide bonds. The van der Waals surface area contributed by atoms with E-state index in [1.54, 1.807) is 0 Å². The van der Waals surface area contributed by atoms with Gasteiger partial charge in [0.25, 0.3) is 11.8 Å². The van der Waals surface area contributed by atoms with Crippen LogP contribution in [0.15, 0.2) is 40.0 Å². The molecule has 1 saturated heterocycles. The number of phenolic OH excluding ortho intramolecular Hbond substituents is 1. The van der Waals surface area contributed by atoms with Gasteiger partial charge in [0.2, 0.25) is 10.0 Å². The van der Waals surface area contributed by atoms with Crippen LogP contribution in [0.5, 0.6) is 5.75 Å². The number of rotatable bonds is 12. The minimum Gasteiger partial charge on any atom is -0.506 e. The molecule has 17 nitrogen and oxygen atoms in total. The molecule has 0 saturated carbocycles. The van der Waals surface area contributed by atoms with Crippen molar-refractivity contribution < 1.29 is 47.4 Å². The smallest absolute Gasteiger partial charge is 0.352 e. The number of anilines is 2. The quantitative estimate of drug-likeness (QED) is 0.0549. The lowest BCUT2D eigenvalue weighted by Crippen LogP contribution is -2.71. The summed E-state index contributed by atoms with van der Waals surface area (Å²) in [6.45, 7) is -0.637. The highest BCUT2D eigenvalue weighted by molar-refractivity contribution is 8.00. The van der Waals surface area contributed by atoms with Gasteiger partial charge in [0.15, 0.2) is 10.8 Å². The zero-order chi connectivity index (χ0) is 31.5. The third-order valence-corrected chi connectivity index (χ3v) is 9.28. The van der Waals surface area contributed by atoms with Gasteiger partial charge in [-0.05, 0) is 18.2 Å². The highest BCUT2D eigenvalue weighted by Crippen LogP contribution is 2.40. The van der Waals surface area contributed by atoms with E-state index in [2.05, 4.69) is 20.2 Å². The van der Waals surface area contributed by atoms with Crippen molar-refractivity contribution in [2.45, 2.75) is 11.4 Å². The molecule has 2 aromatic rings. The number of oxime groups is 1. The number of aliphatic carboxylic acids is 1. The van der Waals surface area contributed by atoms with Crippen LogP contribution in [0.25, 0.3) is 0 Å². The molecule has 0 bridgehead atoms. The van der Waals surface area contributed by atoms with Gasteiger partial charge in [-0.2, -0.15) is 0 Å². The van der Waals surface area contributed by atoms with Crippen LogP contribution in [0.3, 0.4) is 0 Å². The van der Waals surface area contributed by atoms with Crippen molar-refractivity contribution in [3.8, 4) is 5.75 Å². The van der Waals surface area contributed by atoms with Gasteiger partial charge in [-0.25, -0.2) is 23.0 Å². The maximum atomic E-state index is 13.0. The average Bonchev–Trinajstić information content (AvgIpc) is 3.38. The highest BCUT2D eigenvalue weighted by Gasteiger charge is 2.54. The summed E-state index contributed by atoms with van der Waals surface area (Å²) in [6.07, 6.45) is 0. The molecule has 1 aromatic heterocycles. The summed E-state index contributed by atoms with van der Waals surface area (Å²) < 4.78 is 31.1. The number of thioether (sulfide) groups is 1. The number of carbonyl (C=O) groups excluding carboxylic acids is 3. The van der Waals surface area contributed by atoms with E-state index in [-0.39, 0.29) is 76.2 Å². The summed E-state index contributed by atoms with van der Waals surface area (Å²) in [5.41, 5.74) is 10.2. The summed E-state index contributed by atoms with van der Waals surface area (Å²) in [7, 11) is -2.58. The number of amides is 2. The topological polar surface area (TPSA) is 266 Å². The lowest BCUT2D eigenvalue weighted by atomic mass is 10.0. The van der Waals surface area contributed by atoms with E-state index in [1.165, 1.54) is 18.6 Å². The SMILES string of the molecule is CO/N=C(\C(=O)NC1C(=O)N2C(C(=O)O)=C(COC(=O)c3ccc(NS(=O)(=O)CCN)c(O)c3)CS[C@H]12)c1csc(N)n1.Cl.Cl. The lowest BCUT2D eigenvalue weighted by Gasteiger charge is -2.49. The first kappa shape index (κ1) is 37.4. The Morgan fingerprint density at radius 1 is 1.27 bits per heavy atom. The van der Waals surface area contributed by atoms with Gasteiger partial charge in [0, 0.05) is 23.3 Å². The molecule has 0 radical (unpaired) electrons. The number of esters is 1. The molecule has 0 aliphatic carbocycles. The normalized spacial score (nSPS) is 17.6. The number of ether oxygens (including phenoxy) is 1. The van der Waals surface area contributed by atoms with Crippen LogP contribution in [0, 0.1) is 0 Å². The summed E-state index contributed by atoms with van der Waals surface area (Å²) in [5, 5.41) is 27.1. The Balaban J connectivity index is 0.00000353. The van der Waals surface area contributed by atoms with Crippen molar-refractivity contribution in [1.29, 1.82) is 0 Å². The third-order valence-electron chi connectivity index (χ3n) is 5.96. The third kappa shape index (κ3) is 8.27. The molecule has 246 valence electrons. The van der Waals surface area contributed by atoms with E-state index >= 15 is 0 Å². The molecule has 2 atom stereocenters. The Hall–Kier alpha value is -3.82. The minimum atomic E-state index is -3.81. The first-order valence-corrected chi connectivity index (χ1v) is 15.7. The molecule has 22 heteroatoms. The Morgan fingerprint density at radius 2 is 1.98 bits per heavy atom. The zero-order valence-corrected chi connectivity index (χ0v) is 27.1. The number of thiazole rings is 1. The number of carbonyl (C=O) groups is 4. The fourth-order valence-electron chi connectivity index (χ4n) is 4.05. The number of aromatic hydroxyl groups is 1.